The number of nitrogens with two attached hydrogens (primary N) is 1. The van der Waals surface area contributed by atoms with Crippen molar-refractivity contribution in [2.75, 3.05) is 32.9 Å². The fourth-order valence-electron chi connectivity index (χ4n) is 2.40. The topological polar surface area (TPSA) is 55.3 Å². The third-order valence-corrected chi connectivity index (χ3v) is 3.56. The second-order valence-electron chi connectivity index (χ2n) is 5.37. The molecule has 1 saturated heterocycles. The second-order valence-corrected chi connectivity index (χ2v) is 5.37. The van der Waals surface area contributed by atoms with Crippen molar-refractivity contribution in [2.24, 2.45) is 0 Å². The Balaban J connectivity index is 1.46. The Morgan fingerprint density at radius 3 is 2.95 bits per heavy atom. The van der Waals surface area contributed by atoms with E-state index in [-0.39, 0.29) is 6.10 Å². The number of ether oxygens (including phenoxy) is 2. The van der Waals surface area contributed by atoms with Gasteiger partial charge in [-0.25, -0.2) is 0 Å². The Bertz CT molecular complexity index is 352. The number of quaternary nitrogens is 1. The molecule has 1 aliphatic rings. The van der Waals surface area contributed by atoms with Gasteiger partial charge in [-0.3, -0.25) is 0 Å². The Morgan fingerprint density at radius 1 is 1.35 bits per heavy atom. The quantitative estimate of drug-likeness (QED) is 0.642. The lowest BCUT2D eigenvalue weighted by Crippen LogP contribution is -2.87. The number of hydrogen-bond donors (Lipinski definition) is 2. The van der Waals surface area contributed by atoms with Gasteiger partial charge in [-0.2, -0.15) is 0 Å². The average Bonchev–Trinajstić information content (AvgIpc) is 2.98. The third-order valence-electron chi connectivity index (χ3n) is 3.56. The van der Waals surface area contributed by atoms with Gasteiger partial charge in [0.2, 0.25) is 0 Å². The average molecular weight is 280 g/mol. The molecule has 0 saturated carbocycles. The van der Waals surface area contributed by atoms with Gasteiger partial charge in [-0.05, 0) is 18.4 Å². The molecule has 3 N–H and O–H groups in total. The summed E-state index contributed by atoms with van der Waals surface area (Å²) in [5, 5.41) is 12.0. The molecule has 2 atom stereocenters. The van der Waals surface area contributed by atoms with Gasteiger partial charge >= 0.3 is 0 Å². The first-order valence-corrected chi connectivity index (χ1v) is 7.57. The highest BCUT2D eigenvalue weighted by molar-refractivity contribution is 5.14. The van der Waals surface area contributed by atoms with Crippen LogP contribution in [-0.4, -0.2) is 50.2 Å². The van der Waals surface area contributed by atoms with E-state index in [2.05, 4.69) is 29.6 Å². The molecule has 0 spiro atoms. The van der Waals surface area contributed by atoms with Gasteiger partial charge in [0.15, 0.2) is 0 Å². The normalized spacial score (nSPS) is 20.1. The first-order chi connectivity index (χ1) is 9.84. The third kappa shape index (κ3) is 6.01. The predicted molar refractivity (Wildman–Crippen MR) is 77.6 cm³/mol. The summed E-state index contributed by atoms with van der Waals surface area (Å²) in [5.74, 6) is 0. The summed E-state index contributed by atoms with van der Waals surface area (Å²) in [7, 11) is 0. The van der Waals surface area contributed by atoms with E-state index in [9.17, 15) is 5.11 Å². The van der Waals surface area contributed by atoms with Crippen LogP contribution in [0.1, 0.15) is 18.4 Å². The number of aliphatic hydroxyl groups is 1. The highest BCUT2D eigenvalue weighted by Crippen LogP contribution is 2.11. The summed E-state index contributed by atoms with van der Waals surface area (Å²) in [6.45, 7) is 3.55. The molecule has 0 bridgehead atoms. The van der Waals surface area contributed by atoms with Crippen molar-refractivity contribution in [2.45, 2.75) is 31.5 Å². The minimum Gasteiger partial charge on any atom is -0.385 e. The number of benzene rings is 1. The molecular weight excluding hydrogens is 254 g/mol. The van der Waals surface area contributed by atoms with E-state index in [0.29, 0.717) is 19.8 Å². The molecule has 20 heavy (non-hydrogen) atoms. The molecule has 1 fully saturated rings. The molecule has 0 aromatic heterocycles. The molecule has 112 valence electrons. The Hall–Kier alpha value is -0.940. The van der Waals surface area contributed by atoms with Gasteiger partial charge < -0.3 is 19.9 Å². The van der Waals surface area contributed by atoms with Gasteiger partial charge in [0.1, 0.15) is 12.6 Å². The van der Waals surface area contributed by atoms with Crippen LogP contribution >= 0.6 is 0 Å². The Kier molecular flexibility index (Phi) is 7.01. The van der Waals surface area contributed by atoms with Crippen molar-refractivity contribution in [3.8, 4) is 0 Å². The zero-order chi connectivity index (χ0) is 14.0. The summed E-state index contributed by atoms with van der Waals surface area (Å²) < 4.78 is 11.0. The molecule has 0 unspecified atom stereocenters. The predicted octanol–water partition coefficient (Wildman–Crippen LogP) is 0.349. The number of aliphatic hydroxyl groups excluding tert-OH is 1. The lowest BCUT2D eigenvalue weighted by molar-refractivity contribution is -0.660. The Morgan fingerprint density at radius 2 is 2.20 bits per heavy atom. The number of hydrogen-bond acceptors (Lipinski definition) is 3. The molecule has 1 aromatic carbocycles. The van der Waals surface area contributed by atoms with Crippen LogP contribution in [0.25, 0.3) is 0 Å². The highest BCUT2D eigenvalue weighted by Gasteiger charge is 2.16. The zero-order valence-electron chi connectivity index (χ0n) is 12.0. The molecule has 1 aliphatic heterocycles. The van der Waals surface area contributed by atoms with Gasteiger partial charge in [0, 0.05) is 13.0 Å². The van der Waals surface area contributed by atoms with Gasteiger partial charge in [0.25, 0.3) is 0 Å². The van der Waals surface area contributed by atoms with Crippen LogP contribution in [0.5, 0.6) is 0 Å². The van der Waals surface area contributed by atoms with Crippen molar-refractivity contribution < 1.29 is 19.9 Å². The minimum atomic E-state index is -0.396. The summed E-state index contributed by atoms with van der Waals surface area (Å²) in [5.41, 5.74) is 1.34. The van der Waals surface area contributed by atoms with Crippen molar-refractivity contribution in [3.63, 3.8) is 0 Å². The second kappa shape index (κ2) is 9.08. The van der Waals surface area contributed by atoms with Crippen LogP contribution in [0.3, 0.4) is 0 Å². The highest BCUT2D eigenvalue weighted by atomic mass is 16.5. The van der Waals surface area contributed by atoms with Crippen LogP contribution in [0, 0.1) is 0 Å². The van der Waals surface area contributed by atoms with E-state index in [0.717, 1.165) is 32.4 Å². The zero-order valence-corrected chi connectivity index (χ0v) is 12.0. The smallest absolute Gasteiger partial charge is 0.126 e. The van der Waals surface area contributed by atoms with E-state index in [4.69, 9.17) is 9.47 Å². The largest absolute Gasteiger partial charge is 0.385 e. The van der Waals surface area contributed by atoms with E-state index in [1.807, 2.05) is 6.07 Å². The van der Waals surface area contributed by atoms with E-state index in [1.54, 1.807) is 0 Å². The fourth-order valence-corrected chi connectivity index (χ4v) is 2.40. The summed E-state index contributed by atoms with van der Waals surface area (Å²) in [4.78, 5) is 0. The van der Waals surface area contributed by atoms with Crippen LogP contribution in [0.15, 0.2) is 30.3 Å². The SMILES string of the molecule is O[C@H](C[NH2+]CCc1ccccc1)COC[C@@H]1CCCO1. The minimum absolute atomic E-state index is 0.240. The molecule has 4 heteroatoms. The Labute approximate surface area is 121 Å². The van der Waals surface area contributed by atoms with Crippen LogP contribution < -0.4 is 5.32 Å². The van der Waals surface area contributed by atoms with Crippen LogP contribution in [0.2, 0.25) is 0 Å². The maximum Gasteiger partial charge on any atom is 0.126 e. The van der Waals surface area contributed by atoms with Crippen molar-refractivity contribution in [1.82, 2.24) is 0 Å². The molecule has 0 aliphatic carbocycles. The lowest BCUT2D eigenvalue weighted by atomic mass is 10.1. The van der Waals surface area contributed by atoms with E-state index < -0.39 is 6.10 Å². The molecule has 0 amide bonds. The van der Waals surface area contributed by atoms with E-state index >= 15 is 0 Å². The van der Waals surface area contributed by atoms with Gasteiger partial charge in [-0.15, -0.1) is 0 Å². The molecule has 0 radical (unpaired) electrons. The van der Waals surface area contributed by atoms with Crippen molar-refractivity contribution >= 4 is 0 Å². The van der Waals surface area contributed by atoms with Crippen molar-refractivity contribution in [1.29, 1.82) is 0 Å². The summed E-state index contributed by atoms with van der Waals surface area (Å²) in [6.07, 6.45) is 3.09. The molecule has 2 rings (SSSR count). The maximum atomic E-state index is 9.82. The summed E-state index contributed by atoms with van der Waals surface area (Å²) >= 11 is 0. The summed E-state index contributed by atoms with van der Waals surface area (Å²) in [6, 6.07) is 10.4. The van der Waals surface area contributed by atoms with Crippen LogP contribution in [-0.2, 0) is 15.9 Å². The first-order valence-electron chi connectivity index (χ1n) is 7.57. The molecular formula is C16H26NO3+. The standard InChI is InChI=1S/C16H25NO3/c18-15(12-19-13-16-7-4-10-20-16)11-17-9-8-14-5-2-1-3-6-14/h1-3,5-6,15-18H,4,7-13H2/p+1/t15-,16+/m1/s1. The fraction of sp³-hybridized carbons (Fsp3) is 0.625. The number of rotatable bonds is 9. The van der Waals surface area contributed by atoms with Crippen LogP contribution in [0.4, 0.5) is 0 Å². The molecule has 4 nitrogen and oxygen atoms in total. The first kappa shape index (κ1) is 15.4. The lowest BCUT2D eigenvalue weighted by Gasteiger charge is -2.13. The monoisotopic (exact) mass is 280 g/mol. The van der Waals surface area contributed by atoms with E-state index in [1.165, 1.54) is 5.56 Å². The maximum absolute atomic E-state index is 9.82. The van der Waals surface area contributed by atoms with Gasteiger partial charge in [0.05, 0.1) is 25.9 Å². The van der Waals surface area contributed by atoms with Gasteiger partial charge in [-0.1, -0.05) is 30.3 Å². The molecule has 1 aromatic rings. The van der Waals surface area contributed by atoms with Crippen molar-refractivity contribution in [3.05, 3.63) is 35.9 Å². The molecule has 1 heterocycles.